The molecule has 2 aromatic heterocycles. The van der Waals surface area contributed by atoms with Gasteiger partial charge in [0.05, 0.1) is 5.75 Å². The zero-order chi connectivity index (χ0) is 21.6. The molecule has 2 aromatic carbocycles. The van der Waals surface area contributed by atoms with E-state index in [4.69, 9.17) is 0 Å². The number of thioether (sulfide) groups is 1. The lowest BCUT2D eigenvalue weighted by molar-refractivity contribution is -0.113. The molecule has 158 valence electrons. The molecule has 1 N–H and O–H groups in total. The van der Waals surface area contributed by atoms with Gasteiger partial charge in [0.2, 0.25) is 5.91 Å². The number of amides is 1. The Hall–Kier alpha value is -2.90. The molecule has 0 unspecified atom stereocenters. The first-order valence-electron chi connectivity index (χ1n) is 10.2. The highest BCUT2D eigenvalue weighted by Crippen LogP contribution is 2.25. The molecule has 0 aliphatic carbocycles. The van der Waals surface area contributed by atoms with Gasteiger partial charge in [0.1, 0.15) is 5.82 Å². The summed E-state index contributed by atoms with van der Waals surface area (Å²) >= 11 is 3.11. The van der Waals surface area contributed by atoms with E-state index in [2.05, 4.69) is 69.6 Å². The van der Waals surface area contributed by atoms with Crippen molar-refractivity contribution in [1.82, 2.24) is 14.8 Å². The van der Waals surface area contributed by atoms with Crippen LogP contribution in [0, 0.1) is 6.92 Å². The van der Waals surface area contributed by atoms with Gasteiger partial charge in [-0.1, -0.05) is 60.6 Å². The normalized spacial score (nSPS) is 10.9. The van der Waals surface area contributed by atoms with Crippen LogP contribution in [-0.2, 0) is 17.6 Å². The van der Waals surface area contributed by atoms with Crippen molar-refractivity contribution in [3.05, 3.63) is 87.9 Å². The largest absolute Gasteiger partial charge is 0.325 e. The number of thiophene rings is 1. The minimum atomic E-state index is -0.0517. The Kier molecular flexibility index (Phi) is 6.84. The summed E-state index contributed by atoms with van der Waals surface area (Å²) in [6, 6.07) is 20.3. The average molecular weight is 449 g/mol. The first kappa shape index (κ1) is 21.3. The standard InChI is InChI=1S/C24H24N4OS2/c1-3-18-7-4-5-9-21(18)25-23(29)16-31-24-27-26-22(15-20-8-6-14-30-20)28(24)19-12-10-17(2)11-13-19/h4-14H,3,15-16H2,1-2H3,(H,25,29). The number of hydrogen-bond donors (Lipinski definition) is 1. The molecule has 0 bridgehead atoms. The quantitative estimate of drug-likeness (QED) is 0.361. The Bertz CT molecular complexity index is 1150. The molecule has 0 atom stereocenters. The summed E-state index contributed by atoms with van der Waals surface area (Å²) in [6.07, 6.45) is 1.58. The van der Waals surface area contributed by atoms with Crippen LogP contribution in [0.25, 0.3) is 5.69 Å². The van der Waals surface area contributed by atoms with E-state index in [1.165, 1.54) is 22.2 Å². The molecule has 2 heterocycles. The fraction of sp³-hybridized carbons (Fsp3) is 0.208. The maximum Gasteiger partial charge on any atom is 0.234 e. The van der Waals surface area contributed by atoms with Crippen molar-refractivity contribution < 1.29 is 4.79 Å². The first-order chi connectivity index (χ1) is 15.1. The lowest BCUT2D eigenvalue weighted by atomic mass is 10.1. The van der Waals surface area contributed by atoms with Gasteiger partial charge >= 0.3 is 0 Å². The fourth-order valence-corrected chi connectivity index (χ4v) is 4.77. The van der Waals surface area contributed by atoms with Gasteiger partial charge in [0.15, 0.2) is 5.16 Å². The van der Waals surface area contributed by atoms with Crippen molar-refractivity contribution in [1.29, 1.82) is 0 Å². The summed E-state index contributed by atoms with van der Waals surface area (Å²) in [6.45, 7) is 4.15. The minimum Gasteiger partial charge on any atom is -0.325 e. The Morgan fingerprint density at radius 2 is 1.87 bits per heavy atom. The highest BCUT2D eigenvalue weighted by Gasteiger charge is 2.17. The summed E-state index contributed by atoms with van der Waals surface area (Å²) in [7, 11) is 0. The molecule has 5 nitrogen and oxygen atoms in total. The number of aryl methyl sites for hydroxylation is 2. The van der Waals surface area contributed by atoms with Gasteiger partial charge in [0.25, 0.3) is 0 Å². The third-order valence-electron chi connectivity index (χ3n) is 4.91. The summed E-state index contributed by atoms with van der Waals surface area (Å²) in [5.41, 5.74) is 4.19. The van der Waals surface area contributed by atoms with Crippen LogP contribution >= 0.6 is 23.1 Å². The van der Waals surface area contributed by atoms with E-state index in [0.717, 1.165) is 29.2 Å². The van der Waals surface area contributed by atoms with Crippen LogP contribution in [0.1, 0.15) is 28.8 Å². The Balaban J connectivity index is 1.54. The van der Waals surface area contributed by atoms with E-state index in [1.54, 1.807) is 11.3 Å². The van der Waals surface area contributed by atoms with E-state index < -0.39 is 0 Å². The van der Waals surface area contributed by atoms with Crippen LogP contribution < -0.4 is 5.32 Å². The number of carbonyl (C=O) groups is 1. The molecule has 7 heteroatoms. The second-order valence-corrected chi connectivity index (χ2v) is 9.15. The lowest BCUT2D eigenvalue weighted by Gasteiger charge is -2.11. The molecule has 1 amide bonds. The lowest BCUT2D eigenvalue weighted by Crippen LogP contribution is -2.15. The average Bonchev–Trinajstić information content (AvgIpc) is 3.44. The van der Waals surface area contributed by atoms with Crippen LogP contribution in [-0.4, -0.2) is 26.4 Å². The van der Waals surface area contributed by atoms with E-state index in [1.807, 2.05) is 30.3 Å². The van der Waals surface area contributed by atoms with Crippen molar-refractivity contribution >= 4 is 34.7 Å². The summed E-state index contributed by atoms with van der Waals surface area (Å²) < 4.78 is 2.05. The zero-order valence-corrected chi connectivity index (χ0v) is 19.2. The Morgan fingerprint density at radius 1 is 1.06 bits per heavy atom. The molecular formula is C24H24N4OS2. The smallest absolute Gasteiger partial charge is 0.234 e. The number of para-hydroxylation sites is 1. The molecule has 0 aliphatic rings. The predicted molar refractivity (Wildman–Crippen MR) is 128 cm³/mol. The topological polar surface area (TPSA) is 59.8 Å². The maximum absolute atomic E-state index is 12.6. The van der Waals surface area contributed by atoms with Crippen LogP contribution in [0.2, 0.25) is 0 Å². The van der Waals surface area contributed by atoms with Crippen molar-refractivity contribution in [3.63, 3.8) is 0 Å². The summed E-state index contributed by atoms with van der Waals surface area (Å²) in [5.74, 6) is 1.08. The molecular weight excluding hydrogens is 424 g/mol. The molecule has 4 rings (SSSR count). The highest BCUT2D eigenvalue weighted by molar-refractivity contribution is 7.99. The van der Waals surface area contributed by atoms with Gasteiger partial charge in [-0.2, -0.15) is 0 Å². The molecule has 0 radical (unpaired) electrons. The Morgan fingerprint density at radius 3 is 2.61 bits per heavy atom. The van der Waals surface area contributed by atoms with Gasteiger partial charge in [0, 0.05) is 22.7 Å². The van der Waals surface area contributed by atoms with E-state index >= 15 is 0 Å². The number of hydrogen-bond acceptors (Lipinski definition) is 5. The number of aromatic nitrogens is 3. The van der Waals surface area contributed by atoms with E-state index in [9.17, 15) is 4.79 Å². The van der Waals surface area contributed by atoms with Gasteiger partial charge < -0.3 is 5.32 Å². The molecule has 0 fully saturated rings. The molecule has 0 spiro atoms. The first-order valence-corrected chi connectivity index (χ1v) is 12.0. The van der Waals surface area contributed by atoms with Crippen molar-refractivity contribution in [2.24, 2.45) is 0 Å². The molecule has 0 aliphatic heterocycles. The van der Waals surface area contributed by atoms with Gasteiger partial charge in [-0.05, 0) is 48.6 Å². The number of nitrogens with one attached hydrogen (secondary N) is 1. The third-order valence-corrected chi connectivity index (χ3v) is 6.72. The van der Waals surface area contributed by atoms with Crippen molar-refractivity contribution in [2.45, 2.75) is 31.8 Å². The van der Waals surface area contributed by atoms with Gasteiger partial charge in [-0.3, -0.25) is 9.36 Å². The molecule has 0 saturated carbocycles. The number of rotatable bonds is 8. The second-order valence-electron chi connectivity index (χ2n) is 7.17. The van der Waals surface area contributed by atoms with Crippen LogP contribution in [0.4, 0.5) is 5.69 Å². The maximum atomic E-state index is 12.6. The zero-order valence-electron chi connectivity index (χ0n) is 17.5. The van der Waals surface area contributed by atoms with E-state index in [0.29, 0.717) is 11.6 Å². The molecule has 4 aromatic rings. The van der Waals surface area contributed by atoms with Crippen LogP contribution in [0.5, 0.6) is 0 Å². The minimum absolute atomic E-state index is 0.0517. The van der Waals surface area contributed by atoms with Crippen LogP contribution in [0.3, 0.4) is 0 Å². The summed E-state index contributed by atoms with van der Waals surface area (Å²) in [5, 5.41) is 14.7. The second kappa shape index (κ2) is 9.94. The highest BCUT2D eigenvalue weighted by atomic mass is 32.2. The van der Waals surface area contributed by atoms with Crippen LogP contribution in [0.15, 0.2) is 71.2 Å². The molecule has 0 saturated heterocycles. The number of carbonyl (C=O) groups excluding carboxylic acids is 1. The Labute approximate surface area is 190 Å². The fourth-order valence-electron chi connectivity index (χ4n) is 3.30. The van der Waals surface area contributed by atoms with Gasteiger partial charge in [-0.15, -0.1) is 21.5 Å². The number of nitrogens with zero attached hydrogens (tertiary/aromatic N) is 3. The number of benzene rings is 2. The third kappa shape index (κ3) is 5.24. The number of anilines is 1. The summed E-state index contributed by atoms with van der Waals surface area (Å²) in [4.78, 5) is 13.8. The monoisotopic (exact) mass is 448 g/mol. The van der Waals surface area contributed by atoms with Gasteiger partial charge in [-0.25, -0.2) is 0 Å². The predicted octanol–water partition coefficient (Wildman–Crippen LogP) is 5.52. The van der Waals surface area contributed by atoms with Crippen molar-refractivity contribution in [2.75, 3.05) is 11.1 Å². The SMILES string of the molecule is CCc1ccccc1NC(=O)CSc1nnc(Cc2cccs2)n1-c1ccc(C)cc1. The van der Waals surface area contributed by atoms with Crippen molar-refractivity contribution in [3.8, 4) is 5.69 Å². The van der Waals surface area contributed by atoms with E-state index in [-0.39, 0.29) is 11.7 Å². The molecule has 31 heavy (non-hydrogen) atoms.